The third kappa shape index (κ3) is 4.09. The van der Waals surface area contributed by atoms with Crippen LogP contribution in [0.4, 0.5) is 10.2 Å². The van der Waals surface area contributed by atoms with Crippen molar-refractivity contribution in [2.24, 2.45) is 0 Å². The van der Waals surface area contributed by atoms with E-state index in [0.29, 0.717) is 29.6 Å². The van der Waals surface area contributed by atoms with Crippen LogP contribution in [0.2, 0.25) is 0 Å². The van der Waals surface area contributed by atoms with E-state index in [9.17, 15) is 9.18 Å². The minimum atomic E-state index is -0.373. The summed E-state index contributed by atoms with van der Waals surface area (Å²) in [7, 11) is 0. The third-order valence-electron chi connectivity index (χ3n) is 3.53. The number of nitrogens with one attached hydrogen (secondary N) is 1. The molecule has 0 spiro atoms. The molecule has 3 aromatic rings. The average Bonchev–Trinajstić information content (AvgIpc) is 3.22. The standard InChI is InChI=1S/C17H18FN5O2/c1-11(2)17-21-16(25-22-17)7-6-15(24)20-14-8-9-19-23(14)13-5-3-4-12(18)10-13/h3-5,8-11H,6-7H2,1-2H3,(H,20,24). The fourth-order valence-electron chi connectivity index (χ4n) is 2.24. The molecule has 2 aromatic heterocycles. The van der Waals surface area contributed by atoms with E-state index in [4.69, 9.17) is 4.52 Å². The molecule has 0 bridgehead atoms. The van der Waals surface area contributed by atoms with Crippen LogP contribution in [0.25, 0.3) is 5.69 Å². The summed E-state index contributed by atoms with van der Waals surface area (Å²) in [4.78, 5) is 16.4. The van der Waals surface area contributed by atoms with Crippen molar-refractivity contribution < 1.29 is 13.7 Å². The Morgan fingerprint density at radius 3 is 2.92 bits per heavy atom. The first kappa shape index (κ1) is 16.8. The molecule has 0 saturated heterocycles. The van der Waals surface area contributed by atoms with Crippen molar-refractivity contribution in [3.05, 3.63) is 54.1 Å². The molecule has 0 radical (unpaired) electrons. The number of aromatic nitrogens is 4. The van der Waals surface area contributed by atoms with Gasteiger partial charge in [-0.15, -0.1) is 0 Å². The van der Waals surface area contributed by atoms with Crippen LogP contribution in [0, 0.1) is 5.82 Å². The quantitative estimate of drug-likeness (QED) is 0.743. The molecule has 25 heavy (non-hydrogen) atoms. The highest BCUT2D eigenvalue weighted by molar-refractivity contribution is 5.90. The molecule has 0 aliphatic heterocycles. The number of carbonyl (C=O) groups excluding carboxylic acids is 1. The Balaban J connectivity index is 1.63. The maximum Gasteiger partial charge on any atom is 0.227 e. The van der Waals surface area contributed by atoms with Crippen LogP contribution in [0.1, 0.15) is 37.9 Å². The molecule has 0 unspecified atom stereocenters. The van der Waals surface area contributed by atoms with E-state index in [0.717, 1.165) is 0 Å². The first-order chi connectivity index (χ1) is 12.0. The van der Waals surface area contributed by atoms with E-state index in [-0.39, 0.29) is 24.1 Å². The van der Waals surface area contributed by atoms with Gasteiger partial charge in [-0.3, -0.25) is 4.79 Å². The van der Waals surface area contributed by atoms with Crippen LogP contribution >= 0.6 is 0 Å². The molecule has 1 aromatic carbocycles. The third-order valence-corrected chi connectivity index (χ3v) is 3.53. The number of halogens is 1. The van der Waals surface area contributed by atoms with Gasteiger partial charge in [-0.25, -0.2) is 9.07 Å². The molecule has 1 amide bonds. The molecule has 0 fully saturated rings. The Morgan fingerprint density at radius 1 is 1.36 bits per heavy atom. The first-order valence-electron chi connectivity index (χ1n) is 7.95. The predicted molar refractivity (Wildman–Crippen MR) is 88.9 cm³/mol. The number of hydrogen-bond donors (Lipinski definition) is 1. The fraction of sp³-hybridized carbons (Fsp3) is 0.294. The number of benzene rings is 1. The number of hydrogen-bond acceptors (Lipinski definition) is 5. The average molecular weight is 343 g/mol. The van der Waals surface area contributed by atoms with E-state index >= 15 is 0 Å². The van der Waals surface area contributed by atoms with Gasteiger partial charge in [-0.1, -0.05) is 25.1 Å². The molecule has 0 atom stereocenters. The van der Waals surface area contributed by atoms with Gasteiger partial charge in [-0.2, -0.15) is 10.1 Å². The lowest BCUT2D eigenvalue weighted by atomic mass is 10.2. The van der Waals surface area contributed by atoms with E-state index in [1.165, 1.54) is 23.0 Å². The smallest absolute Gasteiger partial charge is 0.227 e. The van der Waals surface area contributed by atoms with Gasteiger partial charge in [0.2, 0.25) is 11.8 Å². The second kappa shape index (κ2) is 7.25. The molecular weight excluding hydrogens is 325 g/mol. The number of carbonyl (C=O) groups is 1. The highest BCUT2D eigenvalue weighted by Crippen LogP contribution is 2.16. The molecule has 1 N–H and O–H groups in total. The Kier molecular flexibility index (Phi) is 4.87. The first-order valence-corrected chi connectivity index (χ1v) is 7.95. The Labute approximate surface area is 143 Å². The lowest BCUT2D eigenvalue weighted by Crippen LogP contribution is -2.15. The highest BCUT2D eigenvalue weighted by atomic mass is 19.1. The largest absolute Gasteiger partial charge is 0.339 e. The number of rotatable bonds is 6. The summed E-state index contributed by atoms with van der Waals surface area (Å²) >= 11 is 0. The zero-order valence-corrected chi connectivity index (χ0v) is 13.9. The molecule has 2 heterocycles. The van der Waals surface area contributed by atoms with Gasteiger partial charge < -0.3 is 9.84 Å². The van der Waals surface area contributed by atoms with Crippen molar-refractivity contribution in [3.63, 3.8) is 0 Å². The number of nitrogens with zero attached hydrogens (tertiary/aromatic N) is 4. The number of amides is 1. The monoisotopic (exact) mass is 343 g/mol. The number of aryl methyl sites for hydroxylation is 1. The maximum absolute atomic E-state index is 13.4. The van der Waals surface area contributed by atoms with Crippen LogP contribution in [-0.2, 0) is 11.2 Å². The molecule has 3 rings (SSSR count). The van der Waals surface area contributed by atoms with Gasteiger partial charge in [0, 0.05) is 24.8 Å². The van der Waals surface area contributed by atoms with E-state index in [2.05, 4.69) is 20.6 Å². The second-order valence-corrected chi connectivity index (χ2v) is 5.86. The molecule has 0 aliphatic carbocycles. The van der Waals surface area contributed by atoms with E-state index in [1.807, 2.05) is 13.8 Å². The molecule has 130 valence electrons. The highest BCUT2D eigenvalue weighted by Gasteiger charge is 2.13. The van der Waals surface area contributed by atoms with E-state index < -0.39 is 0 Å². The second-order valence-electron chi connectivity index (χ2n) is 5.86. The van der Waals surface area contributed by atoms with Crippen molar-refractivity contribution >= 4 is 11.7 Å². The zero-order chi connectivity index (χ0) is 17.8. The van der Waals surface area contributed by atoms with Crippen molar-refractivity contribution in [2.45, 2.75) is 32.6 Å². The van der Waals surface area contributed by atoms with Crippen molar-refractivity contribution in [2.75, 3.05) is 5.32 Å². The Morgan fingerprint density at radius 2 is 2.20 bits per heavy atom. The Hall–Kier alpha value is -3.03. The molecule has 0 aliphatic rings. The maximum atomic E-state index is 13.4. The van der Waals surface area contributed by atoms with Gasteiger partial charge in [-0.05, 0) is 18.2 Å². The summed E-state index contributed by atoms with van der Waals surface area (Å²) in [6.45, 7) is 3.93. The lowest BCUT2D eigenvalue weighted by molar-refractivity contribution is -0.116. The van der Waals surface area contributed by atoms with E-state index in [1.54, 1.807) is 18.2 Å². The minimum absolute atomic E-state index is 0.173. The zero-order valence-electron chi connectivity index (χ0n) is 13.9. The lowest BCUT2D eigenvalue weighted by Gasteiger charge is -2.08. The van der Waals surface area contributed by atoms with Crippen LogP contribution in [0.5, 0.6) is 0 Å². The predicted octanol–water partition coefficient (Wildman–Crippen LogP) is 3.09. The van der Waals surface area contributed by atoms with Crippen LogP contribution < -0.4 is 5.32 Å². The summed E-state index contributed by atoms with van der Waals surface area (Å²) in [5, 5.41) is 10.7. The summed E-state index contributed by atoms with van der Waals surface area (Å²) in [5.74, 6) is 1.10. The van der Waals surface area contributed by atoms with Crippen LogP contribution in [0.3, 0.4) is 0 Å². The van der Waals surface area contributed by atoms with Crippen molar-refractivity contribution in [1.82, 2.24) is 19.9 Å². The van der Waals surface area contributed by atoms with Crippen LogP contribution in [-0.4, -0.2) is 25.8 Å². The topological polar surface area (TPSA) is 85.8 Å². The summed E-state index contributed by atoms with van der Waals surface area (Å²) < 4.78 is 19.9. The fourth-order valence-corrected chi connectivity index (χ4v) is 2.24. The van der Waals surface area contributed by atoms with Gasteiger partial charge >= 0.3 is 0 Å². The molecular formula is C17H18FN5O2. The van der Waals surface area contributed by atoms with Crippen molar-refractivity contribution in [1.29, 1.82) is 0 Å². The number of anilines is 1. The van der Waals surface area contributed by atoms with Gasteiger partial charge in [0.25, 0.3) is 0 Å². The summed E-state index contributed by atoms with van der Waals surface area (Å²) in [6, 6.07) is 7.62. The molecule has 8 heteroatoms. The van der Waals surface area contributed by atoms with Gasteiger partial charge in [0.05, 0.1) is 11.9 Å². The Bertz CT molecular complexity index is 871. The van der Waals surface area contributed by atoms with Crippen molar-refractivity contribution in [3.8, 4) is 5.69 Å². The summed E-state index contributed by atoms with van der Waals surface area (Å²) in [5.41, 5.74) is 0.527. The van der Waals surface area contributed by atoms with Gasteiger partial charge in [0.15, 0.2) is 5.82 Å². The van der Waals surface area contributed by atoms with Crippen LogP contribution in [0.15, 0.2) is 41.1 Å². The minimum Gasteiger partial charge on any atom is -0.339 e. The molecule has 7 nitrogen and oxygen atoms in total. The van der Waals surface area contributed by atoms with Gasteiger partial charge in [0.1, 0.15) is 11.6 Å². The normalized spacial score (nSPS) is 11.0. The molecule has 0 saturated carbocycles. The SMILES string of the molecule is CC(C)c1noc(CCC(=O)Nc2ccnn2-c2cccc(F)c2)n1. The summed E-state index contributed by atoms with van der Waals surface area (Å²) in [6.07, 6.45) is 2.07.